The Morgan fingerprint density at radius 2 is 2.07 bits per heavy atom. The highest BCUT2D eigenvalue weighted by molar-refractivity contribution is 7.98. The Balaban J connectivity index is 2.50. The molecule has 0 bridgehead atoms. The van der Waals surface area contributed by atoms with Gasteiger partial charge in [-0.15, -0.1) is 11.8 Å². The molecule has 0 aliphatic heterocycles. The van der Waals surface area contributed by atoms with E-state index in [0.717, 1.165) is 19.4 Å². The van der Waals surface area contributed by atoms with E-state index in [4.69, 9.17) is 0 Å². The van der Waals surface area contributed by atoms with Gasteiger partial charge in [-0.2, -0.15) is 0 Å². The lowest BCUT2D eigenvalue weighted by atomic mass is 9.98. The molecule has 0 aliphatic carbocycles. The van der Waals surface area contributed by atoms with Crippen molar-refractivity contribution in [3.8, 4) is 0 Å². The lowest BCUT2D eigenvalue weighted by Gasteiger charge is -2.11. The topological polar surface area (TPSA) is 29.1 Å². The predicted molar refractivity (Wildman–Crippen MR) is 65.3 cm³/mol. The molecule has 1 aromatic rings. The molecule has 0 aromatic heterocycles. The number of amides is 1. The summed E-state index contributed by atoms with van der Waals surface area (Å²) in [6.45, 7) is 2.93. The maximum Gasteiger partial charge on any atom is 0.207 e. The minimum atomic E-state index is 0.494. The van der Waals surface area contributed by atoms with E-state index in [-0.39, 0.29) is 0 Å². The van der Waals surface area contributed by atoms with E-state index in [9.17, 15) is 4.79 Å². The maximum absolute atomic E-state index is 10.1. The number of carbonyl (C=O) groups excluding carboxylic acids is 1. The van der Waals surface area contributed by atoms with Gasteiger partial charge in [-0.3, -0.25) is 4.79 Å². The van der Waals surface area contributed by atoms with Crippen molar-refractivity contribution in [2.75, 3.05) is 12.8 Å². The summed E-state index contributed by atoms with van der Waals surface area (Å²) in [5.74, 6) is 0.494. The number of rotatable bonds is 6. The van der Waals surface area contributed by atoms with Crippen molar-refractivity contribution in [2.24, 2.45) is 0 Å². The first-order chi connectivity index (χ1) is 7.27. The fourth-order valence-corrected chi connectivity index (χ4v) is 1.87. The Labute approximate surface area is 95.5 Å². The van der Waals surface area contributed by atoms with Gasteiger partial charge in [0.1, 0.15) is 0 Å². The molecule has 1 N–H and O–H groups in total. The third-order valence-electron chi connectivity index (χ3n) is 2.49. The van der Waals surface area contributed by atoms with Crippen molar-refractivity contribution in [3.05, 3.63) is 29.8 Å². The molecule has 1 unspecified atom stereocenters. The van der Waals surface area contributed by atoms with Gasteiger partial charge in [-0.05, 0) is 36.3 Å². The van der Waals surface area contributed by atoms with Gasteiger partial charge in [-0.25, -0.2) is 0 Å². The Bertz CT molecular complexity index is 297. The van der Waals surface area contributed by atoms with Crippen molar-refractivity contribution >= 4 is 18.2 Å². The van der Waals surface area contributed by atoms with Gasteiger partial charge in [0, 0.05) is 11.4 Å². The lowest BCUT2D eigenvalue weighted by molar-refractivity contribution is -0.109. The van der Waals surface area contributed by atoms with Crippen LogP contribution in [-0.4, -0.2) is 19.2 Å². The fourth-order valence-electron chi connectivity index (χ4n) is 1.46. The number of hydrogen-bond donors (Lipinski definition) is 1. The van der Waals surface area contributed by atoms with Crippen LogP contribution in [0.1, 0.15) is 24.8 Å². The number of nitrogens with one attached hydrogen (secondary N) is 1. The van der Waals surface area contributed by atoms with Crippen LogP contribution in [0.5, 0.6) is 0 Å². The molecule has 82 valence electrons. The number of hydrogen-bond acceptors (Lipinski definition) is 2. The van der Waals surface area contributed by atoms with Crippen LogP contribution in [0.3, 0.4) is 0 Å². The van der Waals surface area contributed by atoms with Crippen LogP contribution >= 0.6 is 11.8 Å². The minimum absolute atomic E-state index is 0.494. The summed E-state index contributed by atoms with van der Waals surface area (Å²) in [6.07, 6.45) is 3.81. The second-order valence-electron chi connectivity index (χ2n) is 3.53. The molecule has 0 saturated carbocycles. The second kappa shape index (κ2) is 6.51. The summed E-state index contributed by atoms with van der Waals surface area (Å²) in [4.78, 5) is 11.4. The van der Waals surface area contributed by atoms with Gasteiger partial charge in [-0.1, -0.05) is 19.1 Å². The van der Waals surface area contributed by atoms with E-state index in [1.54, 1.807) is 11.8 Å². The predicted octanol–water partition coefficient (Wildman–Crippen LogP) is 2.65. The van der Waals surface area contributed by atoms with Crippen LogP contribution in [0.15, 0.2) is 29.2 Å². The Kier molecular flexibility index (Phi) is 5.26. The van der Waals surface area contributed by atoms with Crippen molar-refractivity contribution in [1.82, 2.24) is 5.32 Å². The first-order valence-corrected chi connectivity index (χ1v) is 6.31. The van der Waals surface area contributed by atoms with Gasteiger partial charge >= 0.3 is 0 Å². The summed E-state index contributed by atoms with van der Waals surface area (Å²) in [7, 11) is 0. The van der Waals surface area contributed by atoms with Crippen LogP contribution in [0.2, 0.25) is 0 Å². The van der Waals surface area contributed by atoms with E-state index in [1.165, 1.54) is 10.5 Å². The lowest BCUT2D eigenvalue weighted by Crippen LogP contribution is -2.14. The van der Waals surface area contributed by atoms with Crippen LogP contribution in [0.4, 0.5) is 0 Å². The minimum Gasteiger partial charge on any atom is -0.359 e. The molecule has 1 aromatic carbocycles. The maximum atomic E-state index is 10.1. The third-order valence-corrected chi connectivity index (χ3v) is 3.23. The average Bonchev–Trinajstić information content (AvgIpc) is 2.29. The van der Waals surface area contributed by atoms with Crippen LogP contribution in [-0.2, 0) is 4.79 Å². The molecule has 0 fully saturated rings. The van der Waals surface area contributed by atoms with Crippen molar-refractivity contribution in [2.45, 2.75) is 24.2 Å². The molecule has 2 nitrogen and oxygen atoms in total. The van der Waals surface area contributed by atoms with Crippen molar-refractivity contribution in [3.63, 3.8) is 0 Å². The van der Waals surface area contributed by atoms with Crippen molar-refractivity contribution < 1.29 is 4.79 Å². The third kappa shape index (κ3) is 3.96. The quantitative estimate of drug-likeness (QED) is 0.456. The SMILES string of the molecule is CSc1ccc(C(C)CCNC=O)cc1. The second-order valence-corrected chi connectivity index (χ2v) is 4.41. The zero-order valence-electron chi connectivity index (χ0n) is 9.19. The number of thioether (sulfide) groups is 1. The Hall–Kier alpha value is -0.960. The molecule has 15 heavy (non-hydrogen) atoms. The Morgan fingerprint density at radius 3 is 2.60 bits per heavy atom. The zero-order valence-corrected chi connectivity index (χ0v) is 10.0. The summed E-state index contributed by atoms with van der Waals surface area (Å²) in [6, 6.07) is 8.61. The monoisotopic (exact) mass is 223 g/mol. The molecule has 1 rings (SSSR count). The molecule has 0 heterocycles. The molecular weight excluding hydrogens is 206 g/mol. The van der Waals surface area contributed by atoms with Gasteiger partial charge in [0.25, 0.3) is 0 Å². The highest BCUT2D eigenvalue weighted by Gasteiger charge is 2.04. The molecule has 0 spiro atoms. The summed E-state index contributed by atoms with van der Waals surface area (Å²) >= 11 is 1.75. The van der Waals surface area contributed by atoms with Crippen LogP contribution < -0.4 is 5.32 Å². The normalized spacial score (nSPS) is 12.1. The van der Waals surface area contributed by atoms with Crippen molar-refractivity contribution in [1.29, 1.82) is 0 Å². The number of benzene rings is 1. The smallest absolute Gasteiger partial charge is 0.207 e. The standard InChI is InChI=1S/C12H17NOS/c1-10(7-8-13-9-14)11-3-5-12(15-2)6-4-11/h3-6,9-10H,7-8H2,1-2H3,(H,13,14). The van der Waals surface area contributed by atoms with Crippen LogP contribution in [0, 0.1) is 0 Å². The molecule has 0 saturated heterocycles. The van der Waals surface area contributed by atoms with E-state index < -0.39 is 0 Å². The number of carbonyl (C=O) groups is 1. The first kappa shape index (κ1) is 12.1. The highest BCUT2D eigenvalue weighted by Crippen LogP contribution is 2.21. The molecule has 3 heteroatoms. The van der Waals surface area contributed by atoms with Crippen LogP contribution in [0.25, 0.3) is 0 Å². The van der Waals surface area contributed by atoms with Gasteiger partial charge in [0.15, 0.2) is 0 Å². The fraction of sp³-hybridized carbons (Fsp3) is 0.417. The van der Waals surface area contributed by atoms with Gasteiger partial charge < -0.3 is 5.32 Å². The zero-order chi connectivity index (χ0) is 11.1. The van der Waals surface area contributed by atoms with E-state index >= 15 is 0 Å². The molecule has 1 amide bonds. The summed E-state index contributed by atoms with van der Waals surface area (Å²) < 4.78 is 0. The molecular formula is C12H17NOS. The average molecular weight is 223 g/mol. The molecule has 1 atom stereocenters. The van der Waals surface area contributed by atoms with Gasteiger partial charge in [0.05, 0.1) is 0 Å². The molecule has 0 radical (unpaired) electrons. The molecule has 0 aliphatic rings. The van der Waals surface area contributed by atoms with E-state index in [0.29, 0.717) is 5.92 Å². The van der Waals surface area contributed by atoms with E-state index in [2.05, 4.69) is 42.8 Å². The largest absolute Gasteiger partial charge is 0.359 e. The van der Waals surface area contributed by atoms with Gasteiger partial charge in [0.2, 0.25) is 6.41 Å². The Morgan fingerprint density at radius 1 is 1.40 bits per heavy atom. The summed E-state index contributed by atoms with van der Waals surface area (Å²) in [5, 5.41) is 2.69. The van der Waals surface area contributed by atoms with E-state index in [1.807, 2.05) is 0 Å². The first-order valence-electron chi connectivity index (χ1n) is 5.09. The summed E-state index contributed by atoms with van der Waals surface area (Å²) in [5.41, 5.74) is 1.33. The highest BCUT2D eigenvalue weighted by atomic mass is 32.2.